The first-order valence-corrected chi connectivity index (χ1v) is 18.2. The van der Waals surface area contributed by atoms with Crippen molar-refractivity contribution in [3.05, 3.63) is 83.2 Å². The van der Waals surface area contributed by atoms with Crippen molar-refractivity contribution in [3.63, 3.8) is 0 Å². The summed E-state index contributed by atoms with van der Waals surface area (Å²) in [5.74, 6) is 0.373. The van der Waals surface area contributed by atoms with Crippen LogP contribution in [-0.2, 0) is 21.6 Å². The van der Waals surface area contributed by atoms with E-state index in [9.17, 15) is 25.2 Å². The summed E-state index contributed by atoms with van der Waals surface area (Å²) in [5.41, 5.74) is 6.92. The first-order valence-electron chi connectivity index (χ1n) is 18.2. The topological polar surface area (TPSA) is 165 Å². The van der Waals surface area contributed by atoms with E-state index in [0.717, 1.165) is 49.0 Å². The monoisotopic (exact) mass is 705 g/mol. The van der Waals surface area contributed by atoms with E-state index in [1.54, 1.807) is 7.11 Å². The number of benzene rings is 2. The minimum atomic E-state index is -1.95. The van der Waals surface area contributed by atoms with Crippen LogP contribution >= 0.6 is 0 Å². The number of ether oxygens (including phenoxy) is 2. The predicted octanol–water partition coefficient (Wildman–Crippen LogP) is 3.56. The van der Waals surface area contributed by atoms with Crippen LogP contribution in [0.5, 0.6) is 5.75 Å². The van der Waals surface area contributed by atoms with E-state index in [1.807, 2.05) is 18.5 Å². The molecule has 11 nitrogen and oxygen atoms in total. The van der Waals surface area contributed by atoms with Crippen molar-refractivity contribution in [3.8, 4) is 16.9 Å². The molecule has 2 saturated carbocycles. The number of rotatable bonds is 21. The molecule has 6 N–H and O–H groups in total. The molecule has 0 radical (unpaired) electrons. The number of hydrogen-bond acceptors (Lipinski definition) is 10. The van der Waals surface area contributed by atoms with Gasteiger partial charge < -0.3 is 45.2 Å². The Kier molecular flexibility index (Phi) is 13.6. The van der Waals surface area contributed by atoms with Crippen LogP contribution in [0.25, 0.3) is 11.1 Å². The summed E-state index contributed by atoms with van der Waals surface area (Å²) in [4.78, 5) is 19.1. The zero-order valence-electron chi connectivity index (χ0n) is 30.1. The Balaban J connectivity index is 1.22. The van der Waals surface area contributed by atoms with Crippen LogP contribution in [0.3, 0.4) is 0 Å². The van der Waals surface area contributed by atoms with Crippen molar-refractivity contribution in [1.29, 1.82) is 0 Å². The van der Waals surface area contributed by atoms with Gasteiger partial charge in [0.1, 0.15) is 24.1 Å². The zero-order chi connectivity index (χ0) is 36.5. The number of carbonyl (C=O) groups is 1. The summed E-state index contributed by atoms with van der Waals surface area (Å²) < 4.78 is 11.4. The maximum atomic E-state index is 13.1. The minimum absolute atomic E-state index is 0.159. The number of para-hydroxylation sites is 1. The van der Waals surface area contributed by atoms with Gasteiger partial charge in [0, 0.05) is 56.8 Å². The number of hydrogen-bond donors (Lipinski definition) is 6. The second kappa shape index (κ2) is 17.9. The zero-order valence-corrected chi connectivity index (χ0v) is 30.1. The second-order valence-electron chi connectivity index (χ2n) is 14.2. The van der Waals surface area contributed by atoms with E-state index in [0.29, 0.717) is 45.2 Å². The average Bonchev–Trinajstić information content (AvgIpc) is 4.10. The van der Waals surface area contributed by atoms with Gasteiger partial charge in [-0.1, -0.05) is 43.3 Å². The first kappa shape index (κ1) is 38.8. The molecule has 1 aromatic heterocycles. The van der Waals surface area contributed by atoms with E-state index in [4.69, 9.17) is 14.6 Å². The molecule has 1 heterocycles. The van der Waals surface area contributed by atoms with Gasteiger partial charge in [-0.2, -0.15) is 0 Å². The Morgan fingerprint density at radius 1 is 1.02 bits per heavy atom. The molecule has 0 spiro atoms. The molecule has 1 amide bonds. The van der Waals surface area contributed by atoms with Crippen molar-refractivity contribution in [1.82, 2.24) is 15.2 Å². The molecule has 0 bridgehead atoms. The minimum Gasteiger partial charge on any atom is -0.490 e. The molecule has 1 unspecified atom stereocenters. The molecule has 2 aromatic carbocycles. The fourth-order valence-corrected chi connectivity index (χ4v) is 6.63. The van der Waals surface area contributed by atoms with Crippen molar-refractivity contribution in [2.45, 2.75) is 107 Å². The van der Waals surface area contributed by atoms with E-state index in [-0.39, 0.29) is 11.5 Å². The molecule has 51 heavy (non-hydrogen) atoms. The average molecular weight is 706 g/mol. The van der Waals surface area contributed by atoms with Crippen LogP contribution in [0, 0.1) is 6.92 Å². The number of nitrogens with zero attached hydrogens (tertiary/aromatic N) is 2. The lowest BCUT2D eigenvalue weighted by atomic mass is 9.92. The molecule has 11 heteroatoms. The van der Waals surface area contributed by atoms with Gasteiger partial charge in [0.25, 0.3) is 5.91 Å². The molecule has 2 fully saturated rings. The highest BCUT2D eigenvalue weighted by molar-refractivity contribution is 5.81. The molecule has 0 saturated heterocycles. The number of aryl methyl sites for hydroxylation is 1. The van der Waals surface area contributed by atoms with Crippen LogP contribution in [-0.4, -0.2) is 105 Å². The van der Waals surface area contributed by atoms with Crippen LogP contribution in [0.1, 0.15) is 80.0 Å². The van der Waals surface area contributed by atoms with Gasteiger partial charge in [-0.25, -0.2) is 0 Å². The summed E-state index contributed by atoms with van der Waals surface area (Å²) >= 11 is 0. The maximum Gasteiger partial charge on any atom is 0.254 e. The Labute approximate surface area is 301 Å². The highest BCUT2D eigenvalue weighted by Crippen LogP contribution is 2.50. The quantitative estimate of drug-likeness (QED) is 0.0904. The third kappa shape index (κ3) is 9.92. The smallest absolute Gasteiger partial charge is 0.254 e. The van der Waals surface area contributed by atoms with Crippen LogP contribution in [0.15, 0.2) is 60.9 Å². The standard InChI is InChI=1S/C40H55N3O8/c1-26(8-6-19-43(20-7-21-50-3)39(49)38(48)37(47)36(46)34(45)25-44)28-12-11-27(2)29(22-28)23-42-40(16-17-40)33-24-41-18-15-31(33)32-9-4-5-10-35(32)51-30-13-14-30/h4-5,9-12,15,18,22,24,26,30,34,36-38,42,44-48H,6-8,13-14,16-17,19-21,23,25H2,1-3H3/t26?,34-,36+,37-,38-/m0/s1. The molecule has 278 valence electrons. The van der Waals surface area contributed by atoms with Crippen molar-refractivity contribution < 1.29 is 39.8 Å². The lowest BCUT2D eigenvalue weighted by Crippen LogP contribution is -2.53. The summed E-state index contributed by atoms with van der Waals surface area (Å²) in [7, 11) is 1.57. The number of aliphatic hydroxyl groups is 5. The number of nitrogens with one attached hydrogen (secondary N) is 1. The fourth-order valence-electron chi connectivity index (χ4n) is 6.63. The normalized spacial score (nSPS) is 18.0. The summed E-state index contributed by atoms with van der Waals surface area (Å²) in [6.45, 7) is 5.23. The molecule has 3 aromatic rings. The Bertz CT molecular complexity index is 1580. The van der Waals surface area contributed by atoms with E-state index >= 15 is 0 Å². The van der Waals surface area contributed by atoms with Crippen LogP contribution < -0.4 is 10.1 Å². The highest BCUT2D eigenvalue weighted by Gasteiger charge is 2.46. The van der Waals surface area contributed by atoms with Crippen LogP contribution in [0.4, 0.5) is 0 Å². The van der Waals surface area contributed by atoms with Gasteiger partial charge in [0.2, 0.25) is 0 Å². The SMILES string of the molecule is COCCCN(CCCC(C)c1ccc(C)c(CNC2(c3cnccc3-c3ccccc3OC3CC3)CC2)c1)C(=O)[C@@H](O)[C@@H](O)[C@H](O)[C@@H](O)CO. The number of amides is 1. The summed E-state index contributed by atoms with van der Waals surface area (Å²) in [6.07, 6.45) is 2.93. The Morgan fingerprint density at radius 2 is 1.76 bits per heavy atom. The van der Waals surface area contributed by atoms with Crippen molar-refractivity contribution in [2.75, 3.05) is 33.4 Å². The maximum absolute atomic E-state index is 13.1. The Hall–Kier alpha value is -3.42. The molecular formula is C40H55N3O8. The van der Waals surface area contributed by atoms with Gasteiger partial charge in [-0.3, -0.25) is 9.78 Å². The van der Waals surface area contributed by atoms with Gasteiger partial charge in [-0.05, 0) is 97.7 Å². The van der Waals surface area contributed by atoms with E-state index < -0.39 is 36.9 Å². The summed E-state index contributed by atoms with van der Waals surface area (Å²) in [6, 6.07) is 17.0. The largest absolute Gasteiger partial charge is 0.490 e. The second-order valence-corrected chi connectivity index (χ2v) is 14.2. The third-order valence-electron chi connectivity index (χ3n) is 10.3. The first-order chi connectivity index (χ1) is 24.6. The molecule has 2 aliphatic rings. The molecule has 5 rings (SSSR count). The van der Waals surface area contributed by atoms with Gasteiger partial charge in [0.05, 0.1) is 12.7 Å². The number of pyridine rings is 1. The summed E-state index contributed by atoms with van der Waals surface area (Å²) in [5, 5.41) is 53.5. The van der Waals surface area contributed by atoms with Crippen LogP contribution in [0.2, 0.25) is 0 Å². The van der Waals surface area contributed by atoms with E-state index in [1.165, 1.54) is 27.2 Å². The number of aromatic nitrogens is 1. The van der Waals surface area contributed by atoms with E-state index in [2.05, 4.69) is 66.6 Å². The predicted molar refractivity (Wildman–Crippen MR) is 194 cm³/mol. The molecule has 0 aliphatic heterocycles. The molecular weight excluding hydrogens is 650 g/mol. The lowest BCUT2D eigenvalue weighted by Gasteiger charge is -2.30. The van der Waals surface area contributed by atoms with Crippen molar-refractivity contribution in [2.24, 2.45) is 0 Å². The Morgan fingerprint density at radius 3 is 2.47 bits per heavy atom. The van der Waals surface area contributed by atoms with Gasteiger partial charge in [0.15, 0.2) is 6.10 Å². The molecule has 5 atom stereocenters. The molecule has 2 aliphatic carbocycles. The van der Waals surface area contributed by atoms with Gasteiger partial charge >= 0.3 is 0 Å². The van der Waals surface area contributed by atoms with Gasteiger partial charge in [-0.15, -0.1) is 0 Å². The number of methoxy groups -OCH3 is 1. The number of aliphatic hydroxyl groups excluding tert-OH is 5. The highest BCUT2D eigenvalue weighted by atomic mass is 16.5. The third-order valence-corrected chi connectivity index (χ3v) is 10.3. The van der Waals surface area contributed by atoms with Crippen molar-refractivity contribution >= 4 is 5.91 Å². The lowest BCUT2D eigenvalue weighted by molar-refractivity contribution is -0.158. The number of carbonyl (C=O) groups excluding carboxylic acids is 1. The fraction of sp³-hybridized carbons (Fsp3) is 0.550.